The highest BCUT2D eigenvalue weighted by Crippen LogP contribution is 2.19. The molecule has 1 amide bonds. The van der Waals surface area contributed by atoms with Crippen LogP contribution in [0.2, 0.25) is 5.02 Å². The molecule has 0 aliphatic rings. The van der Waals surface area contributed by atoms with E-state index in [1.54, 1.807) is 37.4 Å². The smallest absolute Gasteiger partial charge is 0.287 e. The molecule has 0 saturated carbocycles. The standard InChI is InChI=1S/C20H18ClNO4/c1-24-15-6-8-16(9-7-15)25-13-17-10-11-19(26-17)20(23)22-12-14-4-2-3-5-18(14)21/h2-11H,12-13H2,1H3,(H,22,23). The van der Waals surface area contributed by atoms with Gasteiger partial charge in [-0.05, 0) is 48.0 Å². The summed E-state index contributed by atoms with van der Waals surface area (Å²) in [5.41, 5.74) is 0.845. The third-order valence-electron chi connectivity index (χ3n) is 3.72. The lowest BCUT2D eigenvalue weighted by atomic mass is 10.2. The van der Waals surface area contributed by atoms with Crippen LogP contribution in [-0.2, 0) is 13.2 Å². The molecule has 2 aromatic carbocycles. The van der Waals surface area contributed by atoms with Crippen LogP contribution in [0.15, 0.2) is 65.1 Å². The van der Waals surface area contributed by atoms with Gasteiger partial charge in [0.15, 0.2) is 5.76 Å². The van der Waals surface area contributed by atoms with E-state index in [0.717, 1.165) is 11.3 Å². The summed E-state index contributed by atoms with van der Waals surface area (Å²) in [7, 11) is 1.61. The molecule has 1 aromatic heterocycles. The number of hydrogen-bond acceptors (Lipinski definition) is 4. The number of hydrogen-bond donors (Lipinski definition) is 1. The molecule has 0 fully saturated rings. The van der Waals surface area contributed by atoms with Gasteiger partial charge in [-0.25, -0.2) is 0 Å². The summed E-state index contributed by atoms with van der Waals surface area (Å²) >= 11 is 6.08. The summed E-state index contributed by atoms with van der Waals surface area (Å²) in [5.74, 6) is 1.93. The molecule has 0 atom stereocenters. The van der Waals surface area contributed by atoms with Gasteiger partial charge in [0.25, 0.3) is 5.91 Å². The quantitative estimate of drug-likeness (QED) is 0.666. The van der Waals surface area contributed by atoms with Crippen LogP contribution in [-0.4, -0.2) is 13.0 Å². The average molecular weight is 372 g/mol. The normalized spacial score (nSPS) is 10.4. The fourth-order valence-corrected chi connectivity index (χ4v) is 2.51. The Labute approximate surface area is 156 Å². The molecule has 5 nitrogen and oxygen atoms in total. The van der Waals surface area contributed by atoms with Crippen molar-refractivity contribution >= 4 is 17.5 Å². The van der Waals surface area contributed by atoms with Crippen LogP contribution in [0.5, 0.6) is 11.5 Å². The Kier molecular flexibility index (Phi) is 5.81. The van der Waals surface area contributed by atoms with E-state index in [4.69, 9.17) is 25.5 Å². The van der Waals surface area contributed by atoms with Crippen LogP contribution in [0.25, 0.3) is 0 Å². The zero-order valence-electron chi connectivity index (χ0n) is 14.2. The predicted molar refractivity (Wildman–Crippen MR) is 98.7 cm³/mol. The van der Waals surface area contributed by atoms with Gasteiger partial charge in [0.2, 0.25) is 0 Å². The summed E-state index contributed by atoms with van der Waals surface area (Å²) in [4.78, 5) is 12.2. The first-order chi connectivity index (χ1) is 12.7. The Morgan fingerprint density at radius 1 is 1.04 bits per heavy atom. The van der Waals surface area contributed by atoms with Crippen molar-refractivity contribution in [1.29, 1.82) is 0 Å². The second kappa shape index (κ2) is 8.45. The van der Waals surface area contributed by atoms with Crippen molar-refractivity contribution in [3.63, 3.8) is 0 Å². The van der Waals surface area contributed by atoms with Crippen LogP contribution >= 0.6 is 11.6 Å². The lowest BCUT2D eigenvalue weighted by molar-refractivity contribution is 0.0919. The lowest BCUT2D eigenvalue weighted by Crippen LogP contribution is -2.22. The number of nitrogens with one attached hydrogen (secondary N) is 1. The van der Waals surface area contributed by atoms with E-state index in [2.05, 4.69) is 5.32 Å². The summed E-state index contributed by atoms with van der Waals surface area (Å²) < 4.78 is 16.3. The van der Waals surface area contributed by atoms with E-state index < -0.39 is 0 Å². The molecular weight excluding hydrogens is 354 g/mol. The number of carbonyl (C=O) groups excluding carboxylic acids is 1. The highest BCUT2D eigenvalue weighted by atomic mass is 35.5. The minimum atomic E-state index is -0.305. The van der Waals surface area contributed by atoms with Crippen LogP contribution in [0, 0.1) is 0 Å². The highest BCUT2D eigenvalue weighted by Gasteiger charge is 2.12. The Bertz CT molecular complexity index is 874. The molecule has 0 radical (unpaired) electrons. The fourth-order valence-electron chi connectivity index (χ4n) is 2.31. The largest absolute Gasteiger partial charge is 0.497 e. The summed E-state index contributed by atoms with van der Waals surface area (Å²) in [6, 6.07) is 17.9. The molecule has 0 unspecified atom stereocenters. The van der Waals surface area contributed by atoms with Gasteiger partial charge in [-0.2, -0.15) is 0 Å². The van der Waals surface area contributed by atoms with Crippen LogP contribution in [0.3, 0.4) is 0 Å². The first kappa shape index (κ1) is 17.9. The van der Waals surface area contributed by atoms with Crippen LogP contribution in [0.4, 0.5) is 0 Å². The number of benzene rings is 2. The van der Waals surface area contributed by atoms with Gasteiger partial charge in [-0.15, -0.1) is 0 Å². The van der Waals surface area contributed by atoms with E-state index in [1.807, 2.05) is 30.3 Å². The maximum Gasteiger partial charge on any atom is 0.287 e. The van der Waals surface area contributed by atoms with E-state index in [-0.39, 0.29) is 18.3 Å². The van der Waals surface area contributed by atoms with Crippen LogP contribution in [0.1, 0.15) is 21.9 Å². The van der Waals surface area contributed by atoms with Gasteiger partial charge in [0, 0.05) is 11.6 Å². The molecule has 0 saturated heterocycles. The first-order valence-electron chi connectivity index (χ1n) is 8.03. The second-order valence-electron chi connectivity index (χ2n) is 5.50. The summed E-state index contributed by atoms with van der Waals surface area (Å²) in [5, 5.41) is 3.40. The molecule has 134 valence electrons. The van der Waals surface area contributed by atoms with Crippen molar-refractivity contribution in [2.24, 2.45) is 0 Å². The SMILES string of the molecule is COc1ccc(OCc2ccc(C(=O)NCc3ccccc3Cl)o2)cc1. The van der Waals surface area contributed by atoms with Crippen molar-refractivity contribution < 1.29 is 18.7 Å². The highest BCUT2D eigenvalue weighted by molar-refractivity contribution is 6.31. The Morgan fingerprint density at radius 2 is 1.77 bits per heavy atom. The molecule has 1 heterocycles. The predicted octanol–water partition coefficient (Wildman–Crippen LogP) is 4.45. The summed E-state index contributed by atoms with van der Waals surface area (Å²) in [6.07, 6.45) is 0. The average Bonchev–Trinajstić information content (AvgIpc) is 3.15. The van der Waals surface area contributed by atoms with Crippen molar-refractivity contribution in [2.75, 3.05) is 7.11 Å². The topological polar surface area (TPSA) is 60.7 Å². The van der Waals surface area contributed by atoms with E-state index in [0.29, 0.717) is 23.1 Å². The maximum absolute atomic E-state index is 12.2. The monoisotopic (exact) mass is 371 g/mol. The van der Waals surface area contributed by atoms with Crippen molar-refractivity contribution in [1.82, 2.24) is 5.32 Å². The van der Waals surface area contributed by atoms with Crippen molar-refractivity contribution in [2.45, 2.75) is 13.2 Å². The third-order valence-corrected chi connectivity index (χ3v) is 4.09. The molecule has 0 bridgehead atoms. The summed E-state index contributed by atoms with van der Waals surface area (Å²) in [6.45, 7) is 0.557. The molecule has 1 N–H and O–H groups in total. The van der Waals surface area contributed by atoms with E-state index >= 15 is 0 Å². The first-order valence-corrected chi connectivity index (χ1v) is 8.40. The number of ether oxygens (including phenoxy) is 2. The molecule has 3 aromatic rings. The molecule has 0 aliphatic heterocycles. The third kappa shape index (κ3) is 4.58. The number of furan rings is 1. The lowest BCUT2D eigenvalue weighted by Gasteiger charge is -2.06. The van der Waals surface area contributed by atoms with Crippen molar-refractivity contribution in [3.05, 3.63) is 82.8 Å². The maximum atomic E-state index is 12.2. The van der Waals surface area contributed by atoms with E-state index in [9.17, 15) is 4.79 Å². The zero-order valence-corrected chi connectivity index (χ0v) is 15.0. The Morgan fingerprint density at radius 3 is 2.50 bits per heavy atom. The Hall–Kier alpha value is -2.92. The van der Waals surface area contributed by atoms with Crippen LogP contribution < -0.4 is 14.8 Å². The molecule has 26 heavy (non-hydrogen) atoms. The molecule has 0 aliphatic carbocycles. The minimum Gasteiger partial charge on any atom is -0.497 e. The van der Waals surface area contributed by atoms with Gasteiger partial charge in [0.1, 0.15) is 23.9 Å². The second-order valence-corrected chi connectivity index (χ2v) is 5.91. The van der Waals surface area contributed by atoms with Gasteiger partial charge in [-0.1, -0.05) is 29.8 Å². The molecular formula is C20H18ClNO4. The number of carbonyl (C=O) groups is 1. The van der Waals surface area contributed by atoms with Gasteiger partial charge >= 0.3 is 0 Å². The number of amides is 1. The number of rotatable bonds is 7. The van der Waals surface area contributed by atoms with Gasteiger partial charge in [-0.3, -0.25) is 4.79 Å². The number of halogens is 1. The minimum absolute atomic E-state index is 0.226. The zero-order chi connectivity index (χ0) is 18.4. The Balaban J connectivity index is 1.53. The molecule has 6 heteroatoms. The van der Waals surface area contributed by atoms with Gasteiger partial charge in [0.05, 0.1) is 7.11 Å². The molecule has 0 spiro atoms. The number of methoxy groups -OCH3 is 1. The fraction of sp³-hybridized carbons (Fsp3) is 0.150. The van der Waals surface area contributed by atoms with E-state index in [1.165, 1.54) is 0 Å². The van der Waals surface area contributed by atoms with Gasteiger partial charge < -0.3 is 19.2 Å². The molecule has 3 rings (SSSR count). The van der Waals surface area contributed by atoms with Crippen molar-refractivity contribution in [3.8, 4) is 11.5 Å².